The number of ether oxygens (including phenoxy) is 3. The second-order valence-corrected chi connectivity index (χ2v) is 12.6. The number of nitrogens with zero attached hydrogens (tertiary/aromatic N) is 4. The molecule has 0 aliphatic carbocycles. The van der Waals surface area contributed by atoms with Gasteiger partial charge in [0.05, 0.1) is 17.8 Å². The molecule has 0 saturated carbocycles. The summed E-state index contributed by atoms with van der Waals surface area (Å²) in [5.41, 5.74) is 5.59. The van der Waals surface area contributed by atoms with E-state index in [2.05, 4.69) is 28.1 Å². The maximum Gasteiger partial charge on any atom is 0.246 e. The number of pyridine rings is 1. The van der Waals surface area contributed by atoms with Crippen molar-refractivity contribution in [2.75, 3.05) is 26.2 Å². The van der Waals surface area contributed by atoms with E-state index >= 15 is 0 Å². The van der Waals surface area contributed by atoms with Crippen molar-refractivity contribution in [1.29, 1.82) is 5.26 Å². The van der Waals surface area contributed by atoms with Crippen molar-refractivity contribution in [3.8, 4) is 34.9 Å². The first-order valence-electron chi connectivity index (χ1n) is 16.4. The van der Waals surface area contributed by atoms with Crippen LogP contribution in [0.25, 0.3) is 6.08 Å². The van der Waals surface area contributed by atoms with Gasteiger partial charge in [-0.2, -0.15) is 5.26 Å². The van der Waals surface area contributed by atoms with Crippen LogP contribution >= 0.6 is 11.6 Å². The van der Waals surface area contributed by atoms with E-state index in [1.54, 1.807) is 42.6 Å². The molecule has 0 radical (unpaired) electrons. The predicted molar refractivity (Wildman–Crippen MR) is 195 cm³/mol. The van der Waals surface area contributed by atoms with Crippen LogP contribution in [0.1, 0.15) is 33.4 Å². The molecule has 6 rings (SSSR count). The number of benzene rings is 4. The molecule has 1 aromatic heterocycles. The SMILES string of the molecule is Cc1cc(C=CC(=O)N2CCN(Cc3ccc(Oc4ccc(Cl)cc4)cc3)CC2)cc(C)c1Oc1ccc(OCc2ccc(C#N)cc2)cn1. The van der Waals surface area contributed by atoms with Gasteiger partial charge < -0.3 is 19.1 Å². The minimum Gasteiger partial charge on any atom is -0.487 e. The summed E-state index contributed by atoms with van der Waals surface area (Å²) in [5.74, 6) is 3.33. The summed E-state index contributed by atoms with van der Waals surface area (Å²) < 4.78 is 17.9. The first kappa shape index (κ1) is 34.3. The standard InChI is InChI=1S/C41H37ClN4O4/c1-29-23-34(24-30(2)41(29)50-39-17-16-38(26-44-39)48-28-33-5-3-31(25-43)4-6-33)9-18-40(47)46-21-19-45(20-22-46)27-32-7-12-36(13-8-32)49-37-14-10-35(42)11-15-37/h3-18,23-24,26H,19-22,27-28H2,1-2H3. The van der Waals surface area contributed by atoms with Gasteiger partial charge >= 0.3 is 0 Å². The molecule has 1 saturated heterocycles. The van der Waals surface area contributed by atoms with Gasteiger partial charge in [0, 0.05) is 49.9 Å². The van der Waals surface area contributed by atoms with Gasteiger partial charge in [-0.05, 0) is 114 Å². The fourth-order valence-corrected chi connectivity index (χ4v) is 5.79. The Hall–Kier alpha value is -5.62. The second-order valence-electron chi connectivity index (χ2n) is 12.2. The number of carbonyl (C=O) groups excluding carboxylic acids is 1. The highest BCUT2D eigenvalue weighted by molar-refractivity contribution is 6.30. The van der Waals surface area contributed by atoms with E-state index in [-0.39, 0.29) is 5.91 Å². The molecule has 1 amide bonds. The van der Waals surface area contributed by atoms with E-state index in [1.165, 1.54) is 5.56 Å². The number of carbonyl (C=O) groups is 1. The van der Waals surface area contributed by atoms with Crippen LogP contribution in [0.2, 0.25) is 5.02 Å². The lowest BCUT2D eigenvalue weighted by molar-refractivity contribution is -0.127. The minimum absolute atomic E-state index is 0.00896. The highest BCUT2D eigenvalue weighted by Crippen LogP contribution is 2.30. The lowest BCUT2D eigenvalue weighted by Gasteiger charge is -2.34. The number of hydrogen-bond acceptors (Lipinski definition) is 7. The molecule has 1 fully saturated rings. The van der Waals surface area contributed by atoms with Gasteiger partial charge in [-0.1, -0.05) is 35.9 Å². The van der Waals surface area contributed by atoms with Crippen LogP contribution in [-0.4, -0.2) is 46.9 Å². The molecule has 0 unspecified atom stereocenters. The molecule has 4 aromatic carbocycles. The van der Waals surface area contributed by atoms with Crippen LogP contribution in [0.15, 0.2) is 109 Å². The van der Waals surface area contributed by atoms with Gasteiger partial charge in [0.25, 0.3) is 0 Å². The van der Waals surface area contributed by atoms with Crippen LogP contribution in [-0.2, 0) is 17.9 Å². The van der Waals surface area contributed by atoms with Crippen LogP contribution in [0.5, 0.6) is 28.9 Å². The van der Waals surface area contributed by atoms with Crippen molar-refractivity contribution >= 4 is 23.6 Å². The van der Waals surface area contributed by atoms with Crippen LogP contribution in [0, 0.1) is 25.2 Å². The molecule has 2 heterocycles. The summed E-state index contributed by atoms with van der Waals surface area (Å²) in [5, 5.41) is 9.63. The molecule has 0 spiro atoms. The molecular formula is C41H37ClN4O4. The molecule has 0 atom stereocenters. The summed E-state index contributed by atoms with van der Waals surface area (Å²) >= 11 is 5.96. The van der Waals surface area contributed by atoms with Gasteiger partial charge in [-0.25, -0.2) is 4.98 Å². The maximum atomic E-state index is 13.0. The van der Waals surface area contributed by atoms with Crippen molar-refractivity contribution in [3.05, 3.63) is 148 Å². The van der Waals surface area contributed by atoms with Gasteiger partial charge in [0.1, 0.15) is 29.6 Å². The average molecular weight is 685 g/mol. The molecule has 252 valence electrons. The molecule has 1 aliphatic heterocycles. The number of aryl methyl sites for hydroxylation is 2. The van der Waals surface area contributed by atoms with Crippen molar-refractivity contribution in [2.24, 2.45) is 0 Å². The fourth-order valence-electron chi connectivity index (χ4n) is 5.66. The van der Waals surface area contributed by atoms with Gasteiger partial charge in [-0.3, -0.25) is 9.69 Å². The van der Waals surface area contributed by atoms with Crippen molar-refractivity contribution in [1.82, 2.24) is 14.8 Å². The van der Waals surface area contributed by atoms with E-state index in [0.717, 1.165) is 59.1 Å². The zero-order valence-corrected chi connectivity index (χ0v) is 28.8. The number of aromatic nitrogens is 1. The number of halogens is 1. The van der Waals surface area contributed by atoms with Crippen molar-refractivity contribution in [2.45, 2.75) is 27.0 Å². The monoisotopic (exact) mass is 684 g/mol. The Labute approximate surface area is 297 Å². The Morgan fingerprint density at radius 2 is 1.44 bits per heavy atom. The summed E-state index contributed by atoms with van der Waals surface area (Å²) in [6.07, 6.45) is 5.15. The highest BCUT2D eigenvalue weighted by Gasteiger charge is 2.20. The molecule has 5 aromatic rings. The molecule has 0 N–H and O–H groups in total. The number of piperazine rings is 1. The first-order valence-corrected chi connectivity index (χ1v) is 16.8. The van der Waals surface area contributed by atoms with Gasteiger partial charge in [-0.15, -0.1) is 0 Å². The van der Waals surface area contributed by atoms with Crippen LogP contribution < -0.4 is 14.2 Å². The summed E-state index contributed by atoms with van der Waals surface area (Å²) in [6.45, 7) is 8.14. The zero-order valence-electron chi connectivity index (χ0n) is 28.0. The second kappa shape index (κ2) is 16.2. The van der Waals surface area contributed by atoms with E-state index in [4.69, 9.17) is 31.1 Å². The van der Waals surface area contributed by atoms with Crippen molar-refractivity contribution < 1.29 is 19.0 Å². The third kappa shape index (κ3) is 9.29. The number of rotatable bonds is 11. The number of amides is 1. The zero-order chi connectivity index (χ0) is 34.9. The maximum absolute atomic E-state index is 13.0. The van der Waals surface area contributed by atoms with Crippen LogP contribution in [0.4, 0.5) is 0 Å². The Balaban J connectivity index is 0.958. The largest absolute Gasteiger partial charge is 0.487 e. The Bertz CT molecular complexity index is 1960. The third-order valence-corrected chi connectivity index (χ3v) is 8.62. The molecule has 0 bridgehead atoms. The lowest BCUT2D eigenvalue weighted by atomic mass is 10.1. The van der Waals surface area contributed by atoms with E-state index in [9.17, 15) is 4.79 Å². The minimum atomic E-state index is 0.00896. The van der Waals surface area contributed by atoms with E-state index < -0.39 is 0 Å². The predicted octanol–water partition coefficient (Wildman–Crippen LogP) is 8.74. The highest BCUT2D eigenvalue weighted by atomic mass is 35.5. The normalized spacial score (nSPS) is 13.2. The lowest BCUT2D eigenvalue weighted by Crippen LogP contribution is -2.47. The quantitative estimate of drug-likeness (QED) is 0.129. The van der Waals surface area contributed by atoms with Gasteiger partial charge in [0.15, 0.2) is 0 Å². The topological polar surface area (TPSA) is 87.9 Å². The Kier molecular flexibility index (Phi) is 11.1. The first-order chi connectivity index (χ1) is 24.3. The number of hydrogen-bond donors (Lipinski definition) is 0. The van der Waals surface area contributed by atoms with Gasteiger partial charge in [0.2, 0.25) is 11.8 Å². The van der Waals surface area contributed by atoms with Crippen LogP contribution in [0.3, 0.4) is 0 Å². The van der Waals surface area contributed by atoms with E-state index in [1.807, 2.05) is 79.4 Å². The molecule has 9 heteroatoms. The molecule has 8 nitrogen and oxygen atoms in total. The summed E-state index contributed by atoms with van der Waals surface area (Å²) in [7, 11) is 0. The Morgan fingerprint density at radius 3 is 2.06 bits per heavy atom. The number of nitriles is 1. The average Bonchev–Trinajstić information content (AvgIpc) is 3.14. The fraction of sp³-hybridized carbons (Fsp3) is 0.195. The third-order valence-electron chi connectivity index (χ3n) is 8.37. The molecular weight excluding hydrogens is 648 g/mol. The van der Waals surface area contributed by atoms with Crippen molar-refractivity contribution in [3.63, 3.8) is 0 Å². The molecule has 1 aliphatic rings. The summed E-state index contributed by atoms with van der Waals surface area (Å²) in [4.78, 5) is 21.7. The van der Waals surface area contributed by atoms with E-state index in [0.29, 0.717) is 41.9 Å². The Morgan fingerprint density at radius 1 is 0.820 bits per heavy atom. The smallest absolute Gasteiger partial charge is 0.246 e. The molecule has 50 heavy (non-hydrogen) atoms. The summed E-state index contributed by atoms with van der Waals surface area (Å²) in [6, 6.07) is 32.4.